The van der Waals surface area contributed by atoms with Crippen LogP contribution in [-0.4, -0.2) is 10.9 Å². The van der Waals surface area contributed by atoms with Gasteiger partial charge in [-0.25, -0.2) is 0 Å². The van der Waals surface area contributed by atoms with E-state index >= 15 is 0 Å². The van der Waals surface area contributed by atoms with Crippen molar-refractivity contribution in [2.75, 3.05) is 5.32 Å². The molecule has 1 spiro atoms. The molecule has 1 aromatic heterocycles. The Morgan fingerprint density at radius 2 is 1.79 bits per heavy atom. The van der Waals surface area contributed by atoms with Crippen molar-refractivity contribution in [3.63, 3.8) is 0 Å². The molecule has 5 rings (SSSR count). The summed E-state index contributed by atoms with van der Waals surface area (Å²) in [7, 11) is 0. The van der Waals surface area contributed by atoms with Crippen LogP contribution in [0.25, 0.3) is 10.9 Å². The van der Waals surface area contributed by atoms with E-state index in [2.05, 4.69) is 34.6 Å². The number of benzene rings is 2. The molecule has 1 atom stereocenters. The quantitative estimate of drug-likeness (QED) is 0.579. The summed E-state index contributed by atoms with van der Waals surface area (Å²) in [4.78, 5) is 17.2. The largest absolute Gasteiger partial charge is 0.326 e. The Morgan fingerprint density at radius 1 is 1.04 bits per heavy atom. The second-order valence-corrected chi connectivity index (χ2v) is 8.74. The summed E-state index contributed by atoms with van der Waals surface area (Å²) in [5, 5.41) is 5.02. The minimum atomic E-state index is 0.151. The highest BCUT2D eigenvalue weighted by atomic mass is 35.5. The molecule has 2 fully saturated rings. The zero-order valence-corrected chi connectivity index (χ0v) is 16.5. The molecule has 28 heavy (non-hydrogen) atoms. The molecule has 0 radical (unpaired) electrons. The van der Waals surface area contributed by atoms with Gasteiger partial charge in [-0.3, -0.25) is 9.78 Å². The smallest absolute Gasteiger partial charge is 0.228 e. The Bertz CT molecular complexity index is 1020. The average molecular weight is 391 g/mol. The van der Waals surface area contributed by atoms with Gasteiger partial charge in [-0.15, -0.1) is 0 Å². The fraction of sp³-hybridized carbons (Fsp3) is 0.333. The lowest BCUT2D eigenvalue weighted by atomic mass is 9.75. The van der Waals surface area contributed by atoms with Crippen LogP contribution in [0.3, 0.4) is 0 Å². The number of carbonyl (C=O) groups excluding carboxylic acids is 1. The Balaban J connectivity index is 1.25. The van der Waals surface area contributed by atoms with E-state index < -0.39 is 0 Å². The maximum absolute atomic E-state index is 12.7. The number of amides is 1. The average Bonchev–Trinajstić information content (AvgIpc) is 3.43. The Morgan fingerprint density at radius 3 is 2.57 bits per heavy atom. The van der Waals surface area contributed by atoms with Crippen LogP contribution in [0, 0.1) is 11.3 Å². The number of carbonyl (C=O) groups is 1. The molecule has 142 valence electrons. The lowest BCUT2D eigenvalue weighted by Crippen LogP contribution is -2.22. The van der Waals surface area contributed by atoms with E-state index in [0.717, 1.165) is 43.3 Å². The summed E-state index contributed by atoms with van der Waals surface area (Å²) in [6, 6.07) is 17.9. The number of para-hydroxylation sites is 1. The zero-order valence-electron chi connectivity index (χ0n) is 15.7. The molecular formula is C24H23ClN2O. The summed E-state index contributed by atoms with van der Waals surface area (Å²) in [6.07, 6.45) is 7.52. The molecule has 0 saturated heterocycles. The summed E-state index contributed by atoms with van der Waals surface area (Å²) in [5.41, 5.74) is 3.54. The SMILES string of the molecule is O=C(Nc1ccc(Cl)cc1)[C@@H]1CC12CCC(c1ccnc3ccccc13)CC2. The number of nitrogens with zero attached hydrogens (tertiary/aromatic N) is 1. The second kappa shape index (κ2) is 6.89. The molecule has 0 bridgehead atoms. The van der Waals surface area contributed by atoms with Gasteiger partial charge in [0.05, 0.1) is 5.52 Å². The van der Waals surface area contributed by atoms with Gasteiger partial charge in [0.2, 0.25) is 5.91 Å². The molecule has 3 nitrogen and oxygen atoms in total. The van der Waals surface area contributed by atoms with Gasteiger partial charge < -0.3 is 5.32 Å². The number of aromatic nitrogens is 1. The number of rotatable bonds is 3. The number of fused-ring (bicyclic) bond motifs is 1. The molecule has 2 aromatic carbocycles. The van der Waals surface area contributed by atoms with Crippen LogP contribution in [-0.2, 0) is 4.79 Å². The van der Waals surface area contributed by atoms with Crippen LogP contribution in [0.1, 0.15) is 43.6 Å². The molecule has 2 saturated carbocycles. The third-order valence-electron chi connectivity index (χ3n) is 6.72. The third-order valence-corrected chi connectivity index (χ3v) is 6.97. The van der Waals surface area contributed by atoms with Crippen LogP contribution >= 0.6 is 11.6 Å². The summed E-state index contributed by atoms with van der Waals surface area (Å²) in [5.74, 6) is 0.882. The maximum atomic E-state index is 12.7. The highest BCUT2D eigenvalue weighted by Gasteiger charge is 2.58. The van der Waals surface area contributed by atoms with Crippen molar-refractivity contribution in [1.29, 1.82) is 0 Å². The Kier molecular flexibility index (Phi) is 4.36. The van der Waals surface area contributed by atoms with E-state index in [1.807, 2.05) is 36.5 Å². The van der Waals surface area contributed by atoms with Gasteiger partial charge in [0, 0.05) is 28.2 Å². The summed E-state index contributed by atoms with van der Waals surface area (Å²) < 4.78 is 0. The van der Waals surface area contributed by atoms with E-state index in [4.69, 9.17) is 11.6 Å². The fourth-order valence-electron chi connectivity index (χ4n) is 5.01. The molecule has 1 amide bonds. The van der Waals surface area contributed by atoms with E-state index in [-0.39, 0.29) is 17.2 Å². The molecule has 2 aliphatic rings. The lowest BCUT2D eigenvalue weighted by molar-refractivity contribution is -0.118. The minimum absolute atomic E-state index is 0.151. The Labute approximate surface area is 170 Å². The van der Waals surface area contributed by atoms with Crippen molar-refractivity contribution >= 4 is 34.1 Å². The van der Waals surface area contributed by atoms with E-state index in [1.54, 1.807) is 0 Å². The normalized spacial score (nSPS) is 26.3. The van der Waals surface area contributed by atoms with Gasteiger partial charge in [-0.1, -0.05) is 29.8 Å². The van der Waals surface area contributed by atoms with Crippen molar-refractivity contribution in [3.05, 3.63) is 71.4 Å². The first-order chi connectivity index (χ1) is 13.6. The van der Waals surface area contributed by atoms with Gasteiger partial charge in [0.1, 0.15) is 0 Å². The predicted molar refractivity (Wildman–Crippen MR) is 114 cm³/mol. The molecule has 1 heterocycles. The lowest BCUT2D eigenvalue weighted by Gasteiger charge is -2.30. The molecule has 0 unspecified atom stereocenters. The molecule has 3 aromatic rings. The highest BCUT2D eigenvalue weighted by molar-refractivity contribution is 6.30. The van der Waals surface area contributed by atoms with Crippen LogP contribution in [0.5, 0.6) is 0 Å². The number of halogens is 1. The first-order valence-electron chi connectivity index (χ1n) is 10.0. The van der Waals surface area contributed by atoms with Crippen molar-refractivity contribution in [1.82, 2.24) is 4.98 Å². The topological polar surface area (TPSA) is 42.0 Å². The van der Waals surface area contributed by atoms with Crippen molar-refractivity contribution < 1.29 is 4.79 Å². The van der Waals surface area contributed by atoms with Gasteiger partial charge in [0.15, 0.2) is 0 Å². The van der Waals surface area contributed by atoms with Gasteiger partial charge in [-0.05, 0) is 85.4 Å². The third kappa shape index (κ3) is 3.18. The summed E-state index contributed by atoms with van der Waals surface area (Å²) in [6.45, 7) is 0. The number of hydrogen-bond acceptors (Lipinski definition) is 2. The van der Waals surface area contributed by atoms with Crippen LogP contribution in [0.4, 0.5) is 5.69 Å². The molecule has 1 N–H and O–H groups in total. The standard InChI is InChI=1S/C24H23ClN2O/c25-17-5-7-18(8-6-17)27-23(28)21-15-24(21)12-9-16(10-13-24)19-11-14-26-22-4-2-1-3-20(19)22/h1-8,11,14,16,21H,9-10,12-13,15H2,(H,27,28)/t16?,21-,24?/m0/s1. The molecular weight excluding hydrogens is 368 g/mol. The minimum Gasteiger partial charge on any atom is -0.326 e. The van der Waals surface area contributed by atoms with Gasteiger partial charge >= 0.3 is 0 Å². The van der Waals surface area contributed by atoms with Gasteiger partial charge in [-0.2, -0.15) is 0 Å². The number of hydrogen-bond donors (Lipinski definition) is 1. The molecule has 4 heteroatoms. The van der Waals surface area contributed by atoms with E-state index in [9.17, 15) is 4.79 Å². The zero-order chi connectivity index (χ0) is 19.1. The number of anilines is 1. The van der Waals surface area contributed by atoms with E-state index in [1.165, 1.54) is 10.9 Å². The number of pyridine rings is 1. The fourth-order valence-corrected chi connectivity index (χ4v) is 5.14. The predicted octanol–water partition coefficient (Wildman–Crippen LogP) is 6.19. The molecule has 0 aliphatic heterocycles. The first kappa shape index (κ1) is 17.7. The van der Waals surface area contributed by atoms with Crippen molar-refractivity contribution in [2.24, 2.45) is 11.3 Å². The molecule has 2 aliphatic carbocycles. The number of nitrogens with one attached hydrogen (secondary N) is 1. The Hall–Kier alpha value is -2.39. The maximum Gasteiger partial charge on any atom is 0.228 e. The second-order valence-electron chi connectivity index (χ2n) is 8.31. The van der Waals surface area contributed by atoms with Gasteiger partial charge in [0.25, 0.3) is 0 Å². The van der Waals surface area contributed by atoms with Crippen molar-refractivity contribution in [2.45, 2.75) is 38.0 Å². The summed E-state index contributed by atoms with van der Waals surface area (Å²) >= 11 is 5.92. The van der Waals surface area contributed by atoms with Crippen LogP contribution in [0.2, 0.25) is 5.02 Å². The van der Waals surface area contributed by atoms with Crippen molar-refractivity contribution in [3.8, 4) is 0 Å². The first-order valence-corrected chi connectivity index (χ1v) is 10.4. The monoisotopic (exact) mass is 390 g/mol. The van der Waals surface area contributed by atoms with Crippen LogP contribution in [0.15, 0.2) is 60.8 Å². The highest BCUT2D eigenvalue weighted by Crippen LogP contribution is 2.63. The van der Waals surface area contributed by atoms with Crippen LogP contribution < -0.4 is 5.32 Å². The van der Waals surface area contributed by atoms with E-state index in [0.29, 0.717) is 10.9 Å².